The molecule has 1 atom stereocenters. The van der Waals surface area contributed by atoms with Gasteiger partial charge in [0.05, 0.1) is 5.56 Å². The van der Waals surface area contributed by atoms with Gasteiger partial charge in [-0.1, -0.05) is 6.07 Å². The molecule has 0 aromatic heterocycles. The van der Waals surface area contributed by atoms with Crippen molar-refractivity contribution < 1.29 is 18.0 Å². The van der Waals surface area contributed by atoms with Crippen LogP contribution in [0.3, 0.4) is 0 Å². The Morgan fingerprint density at radius 3 is 2.75 bits per heavy atom. The molecule has 1 aromatic rings. The van der Waals surface area contributed by atoms with E-state index in [-0.39, 0.29) is 17.5 Å². The highest BCUT2D eigenvalue weighted by Crippen LogP contribution is 2.29. The number of nitrogens with one attached hydrogen (secondary N) is 1. The van der Waals surface area contributed by atoms with Gasteiger partial charge in [-0.3, -0.25) is 4.79 Å². The molecule has 2 rings (SSSR count). The number of alkyl halides is 3. The maximum atomic E-state index is 12.7. The predicted molar refractivity (Wildman–Crippen MR) is 69.4 cm³/mol. The number of likely N-dealkylation sites (N-methyl/N-ethyl adjacent to an activating group) is 1. The second-order valence-electron chi connectivity index (χ2n) is 4.99. The van der Waals surface area contributed by atoms with E-state index in [0.717, 1.165) is 31.5 Å². The molecule has 1 N–H and O–H groups in total. The molecular weight excluding hydrogens is 269 g/mol. The molecule has 0 radical (unpaired) electrons. The highest BCUT2D eigenvalue weighted by molar-refractivity contribution is 5.94. The van der Waals surface area contributed by atoms with E-state index in [1.54, 1.807) is 7.05 Å². The van der Waals surface area contributed by atoms with Gasteiger partial charge in [0.1, 0.15) is 0 Å². The fourth-order valence-corrected chi connectivity index (χ4v) is 2.36. The fourth-order valence-electron chi connectivity index (χ4n) is 2.36. The number of carbonyl (C=O) groups excluding carboxylic acids is 1. The summed E-state index contributed by atoms with van der Waals surface area (Å²) in [6.45, 7) is 1.60. The Labute approximate surface area is 115 Å². The minimum absolute atomic E-state index is 0.0331. The van der Waals surface area contributed by atoms with E-state index >= 15 is 0 Å². The Morgan fingerprint density at radius 2 is 2.15 bits per heavy atom. The van der Waals surface area contributed by atoms with Crippen LogP contribution in [-0.2, 0) is 6.18 Å². The SMILES string of the molecule is CN(C(=O)c1cccc(C(F)(F)F)c1)C1CCCNC1. The van der Waals surface area contributed by atoms with Crippen LogP contribution >= 0.6 is 0 Å². The van der Waals surface area contributed by atoms with Crippen molar-refractivity contribution in [1.82, 2.24) is 10.2 Å². The van der Waals surface area contributed by atoms with E-state index in [1.807, 2.05) is 0 Å². The Kier molecular flexibility index (Phi) is 4.32. The molecule has 0 spiro atoms. The third-order valence-corrected chi connectivity index (χ3v) is 3.58. The minimum atomic E-state index is -4.43. The molecule has 1 saturated heterocycles. The second kappa shape index (κ2) is 5.83. The molecule has 1 heterocycles. The number of piperidine rings is 1. The van der Waals surface area contributed by atoms with Gasteiger partial charge in [-0.25, -0.2) is 0 Å². The Balaban J connectivity index is 2.16. The molecule has 0 bridgehead atoms. The molecule has 1 unspecified atom stereocenters. The van der Waals surface area contributed by atoms with Crippen LogP contribution in [0.15, 0.2) is 24.3 Å². The molecule has 1 amide bonds. The van der Waals surface area contributed by atoms with E-state index in [0.29, 0.717) is 6.54 Å². The summed E-state index contributed by atoms with van der Waals surface area (Å²) in [6, 6.07) is 4.60. The van der Waals surface area contributed by atoms with Crippen molar-refractivity contribution >= 4 is 5.91 Å². The lowest BCUT2D eigenvalue weighted by atomic mass is 10.0. The first-order valence-corrected chi connectivity index (χ1v) is 6.55. The number of nitrogens with zero attached hydrogens (tertiary/aromatic N) is 1. The molecule has 0 saturated carbocycles. The largest absolute Gasteiger partial charge is 0.416 e. The first-order chi connectivity index (χ1) is 9.39. The maximum Gasteiger partial charge on any atom is 0.416 e. The summed E-state index contributed by atoms with van der Waals surface area (Å²) < 4.78 is 38.0. The quantitative estimate of drug-likeness (QED) is 0.906. The summed E-state index contributed by atoms with van der Waals surface area (Å²) in [6.07, 6.45) is -2.60. The van der Waals surface area contributed by atoms with E-state index in [4.69, 9.17) is 0 Å². The van der Waals surface area contributed by atoms with Crippen LogP contribution in [0.1, 0.15) is 28.8 Å². The number of hydrogen-bond donors (Lipinski definition) is 1. The van der Waals surface area contributed by atoms with Crippen LogP contribution in [0.4, 0.5) is 13.2 Å². The van der Waals surface area contributed by atoms with Crippen molar-refractivity contribution in [3.8, 4) is 0 Å². The average molecular weight is 286 g/mol. The minimum Gasteiger partial charge on any atom is -0.337 e. The third-order valence-electron chi connectivity index (χ3n) is 3.58. The van der Waals surface area contributed by atoms with E-state index in [2.05, 4.69) is 5.32 Å². The summed E-state index contributed by atoms with van der Waals surface area (Å²) in [7, 11) is 1.64. The number of carbonyl (C=O) groups is 1. The lowest BCUT2D eigenvalue weighted by Crippen LogP contribution is -2.46. The number of benzene rings is 1. The lowest BCUT2D eigenvalue weighted by Gasteiger charge is -2.31. The molecule has 1 aliphatic heterocycles. The second-order valence-corrected chi connectivity index (χ2v) is 4.99. The topological polar surface area (TPSA) is 32.3 Å². The molecule has 1 aromatic carbocycles. The predicted octanol–water partition coefficient (Wildman–Crippen LogP) is 2.53. The first kappa shape index (κ1) is 14.8. The molecule has 1 fully saturated rings. The third kappa shape index (κ3) is 3.30. The lowest BCUT2D eigenvalue weighted by molar-refractivity contribution is -0.137. The van der Waals surface area contributed by atoms with Gasteiger partial charge in [-0.05, 0) is 37.6 Å². The normalized spacial score (nSPS) is 19.7. The van der Waals surface area contributed by atoms with Crippen LogP contribution in [0.5, 0.6) is 0 Å². The zero-order chi connectivity index (χ0) is 14.8. The summed E-state index contributed by atoms with van der Waals surface area (Å²) in [4.78, 5) is 13.8. The van der Waals surface area contributed by atoms with Crippen molar-refractivity contribution in [1.29, 1.82) is 0 Å². The number of amides is 1. The van der Waals surface area contributed by atoms with E-state index < -0.39 is 11.7 Å². The number of rotatable bonds is 2. The van der Waals surface area contributed by atoms with Gasteiger partial charge in [-0.15, -0.1) is 0 Å². The van der Waals surface area contributed by atoms with Gasteiger partial charge in [-0.2, -0.15) is 13.2 Å². The molecular formula is C14H17F3N2O. The van der Waals surface area contributed by atoms with Crippen molar-refractivity contribution in [2.75, 3.05) is 20.1 Å². The van der Waals surface area contributed by atoms with Gasteiger partial charge in [0, 0.05) is 25.2 Å². The van der Waals surface area contributed by atoms with Crippen LogP contribution in [-0.4, -0.2) is 37.0 Å². The highest BCUT2D eigenvalue weighted by Gasteiger charge is 2.31. The van der Waals surface area contributed by atoms with E-state index in [9.17, 15) is 18.0 Å². The molecule has 1 aliphatic rings. The monoisotopic (exact) mass is 286 g/mol. The van der Waals surface area contributed by atoms with Crippen molar-refractivity contribution in [2.45, 2.75) is 25.1 Å². The Bertz CT molecular complexity index is 482. The van der Waals surface area contributed by atoms with Crippen LogP contribution in [0.2, 0.25) is 0 Å². The smallest absolute Gasteiger partial charge is 0.337 e. The first-order valence-electron chi connectivity index (χ1n) is 6.55. The number of hydrogen-bond acceptors (Lipinski definition) is 2. The fraction of sp³-hybridized carbons (Fsp3) is 0.500. The number of halogens is 3. The van der Waals surface area contributed by atoms with Gasteiger partial charge in [0.15, 0.2) is 0 Å². The summed E-state index contributed by atoms with van der Waals surface area (Å²) in [5, 5.41) is 3.18. The van der Waals surface area contributed by atoms with Crippen LogP contribution in [0.25, 0.3) is 0 Å². The van der Waals surface area contributed by atoms with Gasteiger partial charge >= 0.3 is 6.18 Å². The zero-order valence-electron chi connectivity index (χ0n) is 11.2. The summed E-state index contributed by atoms with van der Waals surface area (Å²) in [5.41, 5.74) is -0.716. The van der Waals surface area contributed by atoms with Crippen molar-refractivity contribution in [2.24, 2.45) is 0 Å². The van der Waals surface area contributed by atoms with Gasteiger partial charge < -0.3 is 10.2 Å². The average Bonchev–Trinajstić information content (AvgIpc) is 2.46. The molecule has 110 valence electrons. The van der Waals surface area contributed by atoms with Crippen molar-refractivity contribution in [3.05, 3.63) is 35.4 Å². The Hall–Kier alpha value is -1.56. The summed E-state index contributed by atoms with van der Waals surface area (Å²) >= 11 is 0. The van der Waals surface area contributed by atoms with E-state index in [1.165, 1.54) is 17.0 Å². The zero-order valence-corrected chi connectivity index (χ0v) is 11.2. The molecule has 0 aliphatic carbocycles. The molecule has 20 heavy (non-hydrogen) atoms. The highest BCUT2D eigenvalue weighted by atomic mass is 19.4. The maximum absolute atomic E-state index is 12.7. The van der Waals surface area contributed by atoms with Gasteiger partial charge in [0.2, 0.25) is 0 Å². The molecule has 6 heteroatoms. The standard InChI is InChI=1S/C14H17F3N2O/c1-19(12-6-3-7-18-9-12)13(20)10-4-2-5-11(8-10)14(15,16)17/h2,4-5,8,12,18H,3,6-7,9H2,1H3. The van der Waals surface area contributed by atoms with Crippen LogP contribution in [0, 0.1) is 0 Å². The molecule has 3 nitrogen and oxygen atoms in total. The van der Waals surface area contributed by atoms with Crippen LogP contribution < -0.4 is 5.32 Å². The Morgan fingerprint density at radius 1 is 1.40 bits per heavy atom. The van der Waals surface area contributed by atoms with Crippen molar-refractivity contribution in [3.63, 3.8) is 0 Å². The van der Waals surface area contributed by atoms with Gasteiger partial charge in [0.25, 0.3) is 5.91 Å². The summed E-state index contributed by atoms with van der Waals surface area (Å²) in [5.74, 6) is -0.371.